The smallest absolute Gasteiger partial charge is 0.321 e. The minimum atomic E-state index is -4.69. The molecule has 0 aliphatic rings. The fourth-order valence-corrected chi connectivity index (χ4v) is 2.42. The molecule has 6 nitrogen and oxygen atoms in total. The van der Waals surface area contributed by atoms with Crippen LogP contribution >= 0.6 is 0 Å². The van der Waals surface area contributed by atoms with Gasteiger partial charge in [0.25, 0.3) is 5.91 Å². The van der Waals surface area contributed by atoms with Crippen LogP contribution in [0.5, 0.6) is 0 Å². The quantitative estimate of drug-likeness (QED) is 0.745. The van der Waals surface area contributed by atoms with E-state index < -0.39 is 23.2 Å². The molecule has 3 aromatic rings. The summed E-state index contributed by atoms with van der Waals surface area (Å²) >= 11 is 0. The third kappa shape index (κ3) is 3.84. The maximum atomic E-state index is 13.1. The van der Waals surface area contributed by atoms with E-state index in [9.17, 15) is 18.0 Å². The highest BCUT2D eigenvalue weighted by molar-refractivity contribution is 6.02. The largest absolute Gasteiger partial charge is 0.417 e. The van der Waals surface area contributed by atoms with Crippen LogP contribution in [0.3, 0.4) is 0 Å². The van der Waals surface area contributed by atoms with E-state index in [1.165, 1.54) is 36.5 Å². The molecule has 1 heterocycles. The molecular formula is C19H10F3N5O. The summed E-state index contributed by atoms with van der Waals surface area (Å²) in [4.78, 5) is 12.3. The Kier molecular flexibility index (Phi) is 4.84. The van der Waals surface area contributed by atoms with Crippen molar-refractivity contribution in [2.24, 2.45) is 0 Å². The van der Waals surface area contributed by atoms with Crippen LogP contribution in [-0.4, -0.2) is 15.7 Å². The molecule has 9 heteroatoms. The molecule has 0 atom stereocenters. The summed E-state index contributed by atoms with van der Waals surface area (Å²) in [6, 6.07) is 14.1. The van der Waals surface area contributed by atoms with Crippen LogP contribution in [0, 0.1) is 22.7 Å². The van der Waals surface area contributed by atoms with Crippen LogP contribution in [0.25, 0.3) is 5.69 Å². The van der Waals surface area contributed by atoms with Gasteiger partial charge in [0.05, 0.1) is 34.5 Å². The topological polar surface area (TPSA) is 94.5 Å². The molecule has 0 aliphatic carbocycles. The first-order valence-electron chi connectivity index (χ1n) is 7.81. The van der Waals surface area contributed by atoms with Crippen LogP contribution in [-0.2, 0) is 6.18 Å². The van der Waals surface area contributed by atoms with Crippen LogP contribution in [0.15, 0.2) is 54.7 Å². The molecule has 0 aliphatic heterocycles. The number of amides is 1. The Morgan fingerprint density at radius 2 is 1.75 bits per heavy atom. The van der Waals surface area contributed by atoms with Gasteiger partial charge in [-0.3, -0.25) is 4.79 Å². The zero-order valence-electron chi connectivity index (χ0n) is 14.0. The first-order valence-corrected chi connectivity index (χ1v) is 7.81. The van der Waals surface area contributed by atoms with Gasteiger partial charge >= 0.3 is 6.18 Å². The van der Waals surface area contributed by atoms with Crippen molar-refractivity contribution < 1.29 is 18.0 Å². The lowest BCUT2D eigenvalue weighted by atomic mass is 10.1. The number of carbonyl (C=O) groups is 1. The van der Waals surface area contributed by atoms with E-state index in [2.05, 4.69) is 10.4 Å². The summed E-state index contributed by atoms with van der Waals surface area (Å²) < 4.78 is 40.4. The van der Waals surface area contributed by atoms with E-state index in [1.807, 2.05) is 6.07 Å². The van der Waals surface area contributed by atoms with E-state index in [0.29, 0.717) is 11.3 Å². The predicted molar refractivity (Wildman–Crippen MR) is 92.4 cm³/mol. The average Bonchev–Trinajstić information content (AvgIpc) is 3.18. The number of benzene rings is 2. The normalized spacial score (nSPS) is 10.8. The van der Waals surface area contributed by atoms with Gasteiger partial charge in [0.2, 0.25) is 0 Å². The molecule has 0 saturated heterocycles. The highest BCUT2D eigenvalue weighted by atomic mass is 19.4. The number of alkyl halides is 3. The monoisotopic (exact) mass is 381 g/mol. The summed E-state index contributed by atoms with van der Waals surface area (Å²) in [6.07, 6.45) is -3.35. The summed E-state index contributed by atoms with van der Waals surface area (Å²) in [6.45, 7) is 0. The molecule has 1 amide bonds. The number of nitriles is 2. The van der Waals surface area contributed by atoms with Gasteiger partial charge < -0.3 is 5.32 Å². The lowest BCUT2D eigenvalue weighted by Gasteiger charge is -2.10. The first-order chi connectivity index (χ1) is 13.3. The summed E-state index contributed by atoms with van der Waals surface area (Å²) in [5, 5.41) is 24.2. The molecule has 0 radical (unpaired) electrons. The fourth-order valence-electron chi connectivity index (χ4n) is 2.42. The van der Waals surface area contributed by atoms with E-state index in [4.69, 9.17) is 10.5 Å². The van der Waals surface area contributed by atoms with Gasteiger partial charge in [-0.15, -0.1) is 0 Å². The van der Waals surface area contributed by atoms with Crippen molar-refractivity contribution in [3.8, 4) is 17.8 Å². The second-order valence-corrected chi connectivity index (χ2v) is 5.63. The SMILES string of the molecule is N#Cc1ccc(NC(=O)c2ccn(-c3ccc(C#N)c(C(F)(F)F)c3)n2)cc1. The lowest BCUT2D eigenvalue weighted by Crippen LogP contribution is -2.13. The number of carbonyl (C=O) groups excluding carboxylic acids is 1. The van der Waals surface area contributed by atoms with Crippen molar-refractivity contribution in [2.45, 2.75) is 6.18 Å². The first kappa shape index (κ1) is 18.7. The number of aromatic nitrogens is 2. The lowest BCUT2D eigenvalue weighted by molar-refractivity contribution is -0.137. The standard InChI is InChI=1S/C19H10F3N5O/c20-19(21,22)16-9-15(6-3-13(16)11-24)27-8-7-17(26-27)18(28)25-14-4-1-12(10-23)2-5-14/h1-9H,(H,25,28). The molecule has 0 unspecified atom stereocenters. The maximum absolute atomic E-state index is 13.1. The van der Waals surface area contributed by atoms with Crippen LogP contribution in [0.1, 0.15) is 27.2 Å². The van der Waals surface area contributed by atoms with Crippen molar-refractivity contribution in [3.63, 3.8) is 0 Å². The molecule has 1 aromatic heterocycles. The summed E-state index contributed by atoms with van der Waals surface area (Å²) in [5.41, 5.74) is -0.653. The van der Waals surface area contributed by atoms with Crippen LogP contribution in [0.2, 0.25) is 0 Å². The molecule has 2 aromatic carbocycles. The molecule has 138 valence electrons. The van der Waals surface area contributed by atoms with Gasteiger partial charge in [-0.1, -0.05) is 0 Å². The highest BCUT2D eigenvalue weighted by Crippen LogP contribution is 2.33. The maximum Gasteiger partial charge on any atom is 0.417 e. The highest BCUT2D eigenvalue weighted by Gasteiger charge is 2.34. The molecule has 1 N–H and O–H groups in total. The van der Waals surface area contributed by atoms with E-state index in [1.54, 1.807) is 12.1 Å². The summed E-state index contributed by atoms with van der Waals surface area (Å²) in [5.74, 6) is -0.562. The number of halogens is 3. The number of nitrogens with zero attached hydrogens (tertiary/aromatic N) is 4. The number of nitrogens with one attached hydrogen (secondary N) is 1. The van der Waals surface area contributed by atoms with E-state index in [0.717, 1.165) is 16.8 Å². The Morgan fingerprint density at radius 1 is 1.04 bits per heavy atom. The third-order valence-corrected chi connectivity index (χ3v) is 3.79. The van der Waals surface area contributed by atoms with Crippen molar-refractivity contribution in [1.29, 1.82) is 10.5 Å². The Hall–Kier alpha value is -4.11. The van der Waals surface area contributed by atoms with Gasteiger partial charge in [0.1, 0.15) is 0 Å². The fraction of sp³-hybridized carbons (Fsp3) is 0.0526. The molecule has 28 heavy (non-hydrogen) atoms. The van der Waals surface area contributed by atoms with Crippen LogP contribution < -0.4 is 5.32 Å². The minimum absolute atomic E-state index is 0.0118. The molecule has 0 fully saturated rings. The number of rotatable bonds is 3. The Labute approximate surface area is 157 Å². The zero-order chi connectivity index (χ0) is 20.3. The second kappa shape index (κ2) is 7.25. The van der Waals surface area contributed by atoms with Crippen molar-refractivity contribution in [3.05, 3.63) is 77.1 Å². The van der Waals surface area contributed by atoms with Gasteiger partial charge in [0.15, 0.2) is 5.69 Å². The van der Waals surface area contributed by atoms with Crippen molar-refractivity contribution >= 4 is 11.6 Å². The van der Waals surface area contributed by atoms with Crippen LogP contribution in [0.4, 0.5) is 18.9 Å². The molecule has 0 spiro atoms. The van der Waals surface area contributed by atoms with Gasteiger partial charge in [-0.2, -0.15) is 28.8 Å². The molecular weight excluding hydrogens is 371 g/mol. The molecule has 0 bridgehead atoms. The Balaban J connectivity index is 1.84. The van der Waals surface area contributed by atoms with Gasteiger partial charge in [-0.25, -0.2) is 4.68 Å². The van der Waals surface area contributed by atoms with E-state index >= 15 is 0 Å². The molecule has 0 saturated carbocycles. The molecule has 3 rings (SSSR count). The van der Waals surface area contributed by atoms with Crippen molar-refractivity contribution in [1.82, 2.24) is 9.78 Å². The van der Waals surface area contributed by atoms with Gasteiger partial charge in [0, 0.05) is 11.9 Å². The Bertz CT molecular complexity index is 1120. The zero-order valence-corrected chi connectivity index (χ0v) is 14.0. The predicted octanol–water partition coefficient (Wildman–Crippen LogP) is 3.89. The average molecular weight is 381 g/mol. The van der Waals surface area contributed by atoms with E-state index in [-0.39, 0.29) is 11.4 Å². The van der Waals surface area contributed by atoms with Gasteiger partial charge in [-0.05, 0) is 48.5 Å². The minimum Gasteiger partial charge on any atom is -0.321 e. The third-order valence-electron chi connectivity index (χ3n) is 3.79. The van der Waals surface area contributed by atoms with Crippen molar-refractivity contribution in [2.75, 3.05) is 5.32 Å². The second-order valence-electron chi connectivity index (χ2n) is 5.63. The Morgan fingerprint density at radius 3 is 2.36 bits per heavy atom. The number of hydrogen-bond acceptors (Lipinski definition) is 4. The number of anilines is 1. The number of hydrogen-bond donors (Lipinski definition) is 1. The summed E-state index contributed by atoms with van der Waals surface area (Å²) in [7, 11) is 0.